The maximum Gasteiger partial charge on any atom is 0.243 e. The molecule has 1 fully saturated rings. The van der Waals surface area contributed by atoms with Gasteiger partial charge in [-0.25, -0.2) is 13.4 Å². The third-order valence-electron chi connectivity index (χ3n) is 6.26. The standard InChI is InChI=1S/C22H23N3O4S2/c1-22(21(26)24-16-2-5-20-18(13-16)23-14-30-20)7-9-25(10-8-22)31(27,28)17-3-4-19-15(12-17)6-11-29-19/h2-5,12-14H,6-11H2,1H3,(H,24,26). The van der Waals surface area contributed by atoms with Crippen molar-refractivity contribution in [3.63, 3.8) is 0 Å². The normalized spacial score (nSPS) is 18.5. The lowest BCUT2D eigenvalue weighted by Crippen LogP contribution is -2.46. The van der Waals surface area contributed by atoms with Gasteiger partial charge in [0.1, 0.15) is 5.75 Å². The number of thiazole rings is 1. The van der Waals surface area contributed by atoms with Crippen LogP contribution in [0.25, 0.3) is 10.2 Å². The zero-order chi connectivity index (χ0) is 21.6. The summed E-state index contributed by atoms with van der Waals surface area (Å²) in [4.78, 5) is 17.6. The number of fused-ring (bicyclic) bond motifs is 2. The number of nitrogens with zero attached hydrogens (tertiary/aromatic N) is 2. The van der Waals surface area contributed by atoms with Gasteiger partial charge in [0.25, 0.3) is 0 Å². The van der Waals surface area contributed by atoms with E-state index >= 15 is 0 Å². The number of amides is 1. The molecule has 0 spiro atoms. The van der Waals surface area contributed by atoms with Crippen LogP contribution >= 0.6 is 11.3 Å². The molecule has 5 rings (SSSR count). The van der Waals surface area contributed by atoms with Crippen molar-refractivity contribution in [2.45, 2.75) is 31.1 Å². The van der Waals surface area contributed by atoms with E-state index in [9.17, 15) is 13.2 Å². The number of ether oxygens (including phenoxy) is 1. The molecule has 2 aromatic carbocycles. The highest BCUT2D eigenvalue weighted by molar-refractivity contribution is 7.89. The first kappa shape index (κ1) is 20.4. The molecule has 0 atom stereocenters. The highest BCUT2D eigenvalue weighted by Gasteiger charge is 2.40. The zero-order valence-corrected chi connectivity index (χ0v) is 18.8. The van der Waals surface area contributed by atoms with Gasteiger partial charge in [-0.2, -0.15) is 4.31 Å². The molecule has 162 valence electrons. The molecule has 1 saturated heterocycles. The highest BCUT2D eigenvalue weighted by atomic mass is 32.2. The number of nitrogens with one attached hydrogen (secondary N) is 1. The maximum atomic E-state index is 13.1. The van der Waals surface area contributed by atoms with Crippen molar-refractivity contribution < 1.29 is 17.9 Å². The average molecular weight is 458 g/mol. The summed E-state index contributed by atoms with van der Waals surface area (Å²) in [6.45, 7) is 3.11. The molecule has 0 aliphatic carbocycles. The van der Waals surface area contributed by atoms with Gasteiger partial charge in [-0.15, -0.1) is 11.3 Å². The first-order chi connectivity index (χ1) is 14.8. The number of rotatable bonds is 4. The molecule has 3 heterocycles. The van der Waals surface area contributed by atoms with Crippen molar-refractivity contribution in [3.8, 4) is 5.75 Å². The fourth-order valence-electron chi connectivity index (χ4n) is 4.14. The van der Waals surface area contributed by atoms with E-state index in [1.54, 1.807) is 35.0 Å². The van der Waals surface area contributed by atoms with Crippen LogP contribution in [0.4, 0.5) is 5.69 Å². The Hall–Kier alpha value is -2.49. The second kappa shape index (κ2) is 7.58. The molecule has 2 aliphatic heterocycles. The van der Waals surface area contributed by atoms with Gasteiger partial charge in [0.2, 0.25) is 15.9 Å². The third kappa shape index (κ3) is 3.71. The SMILES string of the molecule is CC1(C(=O)Nc2ccc3scnc3c2)CCN(S(=O)(=O)c2ccc3c(c2)CCO3)CC1. The number of sulfonamides is 1. The smallest absolute Gasteiger partial charge is 0.243 e. The summed E-state index contributed by atoms with van der Waals surface area (Å²) in [7, 11) is -3.60. The molecule has 1 aromatic heterocycles. The lowest BCUT2D eigenvalue weighted by atomic mass is 9.80. The Morgan fingerprint density at radius 3 is 2.81 bits per heavy atom. The minimum absolute atomic E-state index is 0.0891. The molecule has 0 radical (unpaired) electrons. The lowest BCUT2D eigenvalue weighted by molar-refractivity contribution is -0.126. The summed E-state index contributed by atoms with van der Waals surface area (Å²) in [5.41, 5.74) is 3.64. The molecule has 0 saturated carbocycles. The zero-order valence-electron chi connectivity index (χ0n) is 17.1. The van der Waals surface area contributed by atoms with Crippen LogP contribution in [-0.2, 0) is 21.2 Å². The van der Waals surface area contributed by atoms with E-state index in [1.807, 2.05) is 25.1 Å². The number of hydrogen-bond donors (Lipinski definition) is 1. The van der Waals surface area contributed by atoms with Gasteiger partial charge < -0.3 is 10.1 Å². The van der Waals surface area contributed by atoms with E-state index in [0.717, 1.165) is 28.0 Å². The van der Waals surface area contributed by atoms with Crippen LogP contribution in [0.15, 0.2) is 46.8 Å². The van der Waals surface area contributed by atoms with Gasteiger partial charge in [0.15, 0.2) is 0 Å². The minimum Gasteiger partial charge on any atom is -0.493 e. The van der Waals surface area contributed by atoms with E-state index in [4.69, 9.17) is 4.74 Å². The Labute approximate surface area is 185 Å². The van der Waals surface area contributed by atoms with Crippen molar-refractivity contribution in [3.05, 3.63) is 47.5 Å². The number of benzene rings is 2. The quantitative estimate of drug-likeness (QED) is 0.646. The molecule has 0 bridgehead atoms. The van der Waals surface area contributed by atoms with Gasteiger partial charge in [-0.3, -0.25) is 4.79 Å². The number of carbonyl (C=O) groups is 1. The van der Waals surface area contributed by atoms with Crippen molar-refractivity contribution in [1.29, 1.82) is 0 Å². The summed E-state index contributed by atoms with van der Waals surface area (Å²) in [5.74, 6) is 0.673. The Bertz CT molecular complexity index is 1260. The van der Waals surface area contributed by atoms with Gasteiger partial charge in [0, 0.05) is 30.6 Å². The van der Waals surface area contributed by atoms with Gasteiger partial charge in [0.05, 0.1) is 27.2 Å². The van der Waals surface area contributed by atoms with E-state index in [2.05, 4.69) is 10.3 Å². The van der Waals surface area contributed by atoms with Crippen molar-refractivity contribution in [2.75, 3.05) is 25.0 Å². The molecular formula is C22H23N3O4S2. The molecular weight excluding hydrogens is 434 g/mol. The third-order valence-corrected chi connectivity index (χ3v) is 8.97. The maximum absolute atomic E-state index is 13.1. The Morgan fingerprint density at radius 1 is 1.19 bits per heavy atom. The first-order valence-corrected chi connectivity index (χ1v) is 12.6. The van der Waals surface area contributed by atoms with Crippen LogP contribution < -0.4 is 10.1 Å². The molecule has 7 nitrogen and oxygen atoms in total. The molecule has 9 heteroatoms. The van der Waals surface area contributed by atoms with E-state index < -0.39 is 15.4 Å². The number of hydrogen-bond acceptors (Lipinski definition) is 6. The summed E-state index contributed by atoms with van der Waals surface area (Å²) < 4.78 is 34.3. The van der Waals surface area contributed by atoms with Gasteiger partial charge in [-0.05, 0) is 54.8 Å². The Kier molecular flexibility index (Phi) is 4.99. The average Bonchev–Trinajstić information content (AvgIpc) is 3.42. The van der Waals surface area contributed by atoms with Crippen molar-refractivity contribution in [2.24, 2.45) is 5.41 Å². The van der Waals surface area contributed by atoms with Crippen LogP contribution in [-0.4, -0.2) is 43.3 Å². The van der Waals surface area contributed by atoms with Crippen LogP contribution in [0.2, 0.25) is 0 Å². The monoisotopic (exact) mass is 457 g/mol. The minimum atomic E-state index is -3.60. The number of anilines is 1. The first-order valence-electron chi connectivity index (χ1n) is 10.3. The number of piperidine rings is 1. The predicted octanol–water partition coefficient (Wildman–Crippen LogP) is 3.66. The topological polar surface area (TPSA) is 88.6 Å². The second-order valence-electron chi connectivity index (χ2n) is 8.32. The molecule has 0 unspecified atom stereocenters. The number of aromatic nitrogens is 1. The largest absolute Gasteiger partial charge is 0.493 e. The summed E-state index contributed by atoms with van der Waals surface area (Å²) >= 11 is 1.56. The fourth-order valence-corrected chi connectivity index (χ4v) is 6.29. The van der Waals surface area contributed by atoms with Crippen LogP contribution in [0.3, 0.4) is 0 Å². The van der Waals surface area contributed by atoms with Crippen LogP contribution in [0, 0.1) is 5.41 Å². The molecule has 3 aromatic rings. The second-order valence-corrected chi connectivity index (χ2v) is 11.1. The van der Waals surface area contributed by atoms with Gasteiger partial charge in [-0.1, -0.05) is 6.92 Å². The fraction of sp³-hybridized carbons (Fsp3) is 0.364. The predicted molar refractivity (Wildman–Crippen MR) is 120 cm³/mol. The Morgan fingerprint density at radius 2 is 2.00 bits per heavy atom. The molecule has 31 heavy (non-hydrogen) atoms. The van der Waals surface area contributed by atoms with E-state index in [-0.39, 0.29) is 5.91 Å². The van der Waals surface area contributed by atoms with Crippen molar-refractivity contribution >= 4 is 43.2 Å². The molecule has 2 aliphatic rings. The van der Waals surface area contributed by atoms with E-state index in [0.29, 0.717) is 43.1 Å². The van der Waals surface area contributed by atoms with Gasteiger partial charge >= 0.3 is 0 Å². The van der Waals surface area contributed by atoms with E-state index in [1.165, 1.54) is 4.31 Å². The summed E-state index contributed by atoms with van der Waals surface area (Å²) in [6.07, 6.45) is 1.65. The Balaban J connectivity index is 1.27. The highest BCUT2D eigenvalue weighted by Crippen LogP contribution is 2.36. The molecule has 1 amide bonds. The van der Waals surface area contributed by atoms with Crippen LogP contribution in [0.5, 0.6) is 5.75 Å². The summed E-state index contributed by atoms with van der Waals surface area (Å²) in [5, 5.41) is 2.99. The molecule has 1 N–H and O–H groups in total. The lowest BCUT2D eigenvalue weighted by Gasteiger charge is -2.37. The number of carbonyl (C=O) groups excluding carboxylic acids is 1. The van der Waals surface area contributed by atoms with Crippen molar-refractivity contribution in [1.82, 2.24) is 9.29 Å². The van der Waals surface area contributed by atoms with Crippen LogP contribution in [0.1, 0.15) is 25.3 Å². The summed E-state index contributed by atoms with van der Waals surface area (Å²) in [6, 6.07) is 10.7.